The Balaban J connectivity index is 1.68. The van der Waals surface area contributed by atoms with Crippen LogP contribution in [-0.2, 0) is 27.7 Å². The lowest BCUT2D eigenvalue weighted by atomic mass is 10.1. The predicted molar refractivity (Wildman–Crippen MR) is 121 cm³/mol. The average Bonchev–Trinajstić information content (AvgIpc) is 3.26. The van der Waals surface area contributed by atoms with Crippen molar-refractivity contribution in [3.63, 3.8) is 0 Å². The van der Waals surface area contributed by atoms with Gasteiger partial charge < -0.3 is 15.1 Å². The number of rotatable bonds is 9. The molecule has 1 heterocycles. The predicted octanol–water partition coefficient (Wildman–Crippen LogP) is 2.68. The first-order valence-corrected chi connectivity index (χ1v) is 11.8. The summed E-state index contributed by atoms with van der Waals surface area (Å²) in [5.74, 6) is 0.313. The molecule has 0 unspecified atom stereocenters. The summed E-state index contributed by atoms with van der Waals surface area (Å²) in [4.78, 5) is 26.5. The number of carbonyl (C=O) groups is 2. The summed E-state index contributed by atoms with van der Waals surface area (Å²) in [6, 6.07) is 16.8. The molecule has 3 rings (SSSR count). The van der Waals surface area contributed by atoms with Gasteiger partial charge in [-0.05, 0) is 54.1 Å². The molecule has 0 aliphatic heterocycles. The van der Waals surface area contributed by atoms with Crippen LogP contribution >= 0.6 is 0 Å². The van der Waals surface area contributed by atoms with Crippen LogP contribution in [0.1, 0.15) is 21.7 Å². The zero-order valence-electron chi connectivity index (χ0n) is 17.9. The number of hydrogen-bond donors (Lipinski definition) is 2. The fraction of sp³-hybridized carbons (Fsp3) is 0.217. The minimum atomic E-state index is -3.30. The molecule has 0 spiro atoms. The molecular weight excluding hydrogens is 430 g/mol. The monoisotopic (exact) mass is 455 g/mol. The van der Waals surface area contributed by atoms with Crippen molar-refractivity contribution in [2.24, 2.45) is 0 Å². The summed E-state index contributed by atoms with van der Waals surface area (Å²) >= 11 is 0. The van der Waals surface area contributed by atoms with Gasteiger partial charge in [0.1, 0.15) is 5.76 Å². The third-order valence-corrected chi connectivity index (χ3v) is 5.87. The molecule has 0 bridgehead atoms. The molecule has 0 saturated carbocycles. The highest BCUT2D eigenvalue weighted by Crippen LogP contribution is 2.15. The Hall–Kier alpha value is -3.43. The summed E-state index contributed by atoms with van der Waals surface area (Å²) in [5, 5.41) is 5.37. The van der Waals surface area contributed by atoms with E-state index in [2.05, 4.69) is 10.6 Å². The molecule has 2 N–H and O–H groups in total. The Morgan fingerprint density at radius 1 is 0.969 bits per heavy atom. The van der Waals surface area contributed by atoms with E-state index in [0.29, 0.717) is 24.3 Å². The molecule has 0 aliphatic rings. The van der Waals surface area contributed by atoms with Crippen LogP contribution < -0.4 is 10.6 Å². The van der Waals surface area contributed by atoms with Gasteiger partial charge in [0.2, 0.25) is 5.91 Å². The molecule has 8 nitrogen and oxygen atoms in total. The second kappa shape index (κ2) is 10.3. The van der Waals surface area contributed by atoms with Gasteiger partial charge in [-0.2, -0.15) is 0 Å². The second-order valence-corrected chi connectivity index (χ2v) is 9.36. The molecule has 168 valence electrons. The van der Waals surface area contributed by atoms with Crippen LogP contribution in [0.2, 0.25) is 0 Å². The number of furan rings is 1. The van der Waals surface area contributed by atoms with E-state index >= 15 is 0 Å². The van der Waals surface area contributed by atoms with Crippen molar-refractivity contribution in [2.75, 3.05) is 25.2 Å². The van der Waals surface area contributed by atoms with Crippen molar-refractivity contribution in [1.82, 2.24) is 10.2 Å². The van der Waals surface area contributed by atoms with Gasteiger partial charge >= 0.3 is 0 Å². The molecule has 0 aliphatic carbocycles. The number of nitrogens with zero attached hydrogens (tertiary/aromatic N) is 1. The van der Waals surface area contributed by atoms with Crippen molar-refractivity contribution < 1.29 is 22.4 Å². The van der Waals surface area contributed by atoms with Gasteiger partial charge in [0.15, 0.2) is 9.84 Å². The standard InChI is InChI=1S/C23H25N3O5S/c1-24-23(28)18-7-5-17(6-8-18)14-26(15-20-4-3-13-31-20)16-22(27)25-19-9-11-21(12-10-19)32(2,29)30/h3-13H,14-16H2,1-2H3,(H,24,28)(H,25,27). The van der Waals surface area contributed by atoms with Crippen molar-refractivity contribution >= 4 is 27.3 Å². The van der Waals surface area contributed by atoms with Crippen molar-refractivity contribution in [3.8, 4) is 0 Å². The fourth-order valence-electron chi connectivity index (χ4n) is 3.14. The Morgan fingerprint density at radius 2 is 1.66 bits per heavy atom. The summed E-state index contributed by atoms with van der Waals surface area (Å²) in [6.45, 7) is 0.978. The van der Waals surface area contributed by atoms with Crippen molar-refractivity contribution in [1.29, 1.82) is 0 Å². The molecule has 9 heteroatoms. The van der Waals surface area contributed by atoms with Gasteiger partial charge in [0.05, 0.1) is 24.2 Å². The highest BCUT2D eigenvalue weighted by atomic mass is 32.2. The fourth-order valence-corrected chi connectivity index (χ4v) is 3.77. The zero-order chi connectivity index (χ0) is 23.1. The summed E-state index contributed by atoms with van der Waals surface area (Å²) < 4.78 is 28.6. The zero-order valence-corrected chi connectivity index (χ0v) is 18.7. The Morgan fingerprint density at radius 3 is 2.22 bits per heavy atom. The Bertz CT molecular complexity index is 1160. The molecule has 0 radical (unpaired) electrons. The highest BCUT2D eigenvalue weighted by molar-refractivity contribution is 7.90. The van der Waals surface area contributed by atoms with Gasteiger partial charge in [-0.1, -0.05) is 12.1 Å². The maximum atomic E-state index is 12.7. The third-order valence-electron chi connectivity index (χ3n) is 4.74. The van der Waals surface area contributed by atoms with E-state index in [0.717, 1.165) is 17.6 Å². The van der Waals surface area contributed by atoms with Crippen LogP contribution in [0.3, 0.4) is 0 Å². The molecule has 1 aromatic heterocycles. The summed E-state index contributed by atoms with van der Waals surface area (Å²) in [7, 11) is -1.72. The lowest BCUT2D eigenvalue weighted by molar-refractivity contribution is -0.117. The highest BCUT2D eigenvalue weighted by Gasteiger charge is 2.15. The Kier molecular flexibility index (Phi) is 7.45. The maximum absolute atomic E-state index is 12.7. The number of sulfone groups is 1. The van der Waals surface area contributed by atoms with Crippen LogP contribution in [0.25, 0.3) is 0 Å². The van der Waals surface area contributed by atoms with Crippen molar-refractivity contribution in [2.45, 2.75) is 18.0 Å². The minimum Gasteiger partial charge on any atom is -0.468 e. The first kappa shape index (κ1) is 23.2. The maximum Gasteiger partial charge on any atom is 0.251 e. The average molecular weight is 456 g/mol. The van der Waals surface area contributed by atoms with E-state index in [1.54, 1.807) is 43.6 Å². The van der Waals surface area contributed by atoms with Crippen LogP contribution in [-0.4, -0.2) is 45.0 Å². The van der Waals surface area contributed by atoms with Crippen LogP contribution in [0.5, 0.6) is 0 Å². The first-order valence-electron chi connectivity index (χ1n) is 9.90. The van der Waals surface area contributed by atoms with Crippen LogP contribution in [0, 0.1) is 0 Å². The second-order valence-electron chi connectivity index (χ2n) is 7.35. The third kappa shape index (κ3) is 6.53. The molecule has 0 saturated heterocycles. The number of carbonyl (C=O) groups excluding carboxylic acids is 2. The van der Waals surface area contributed by atoms with E-state index in [4.69, 9.17) is 4.42 Å². The number of anilines is 1. The molecule has 3 aromatic rings. The molecule has 2 aromatic carbocycles. The molecule has 0 atom stereocenters. The van der Waals surface area contributed by atoms with E-state index in [1.165, 1.54) is 12.1 Å². The minimum absolute atomic E-state index is 0.0890. The molecule has 32 heavy (non-hydrogen) atoms. The van der Waals surface area contributed by atoms with Crippen LogP contribution in [0.4, 0.5) is 5.69 Å². The molecule has 2 amide bonds. The van der Waals surface area contributed by atoms with Gasteiger partial charge in [-0.25, -0.2) is 8.42 Å². The SMILES string of the molecule is CNC(=O)c1ccc(CN(CC(=O)Nc2ccc(S(C)(=O)=O)cc2)Cc2ccco2)cc1. The normalized spacial score (nSPS) is 11.3. The largest absolute Gasteiger partial charge is 0.468 e. The van der Waals surface area contributed by atoms with Crippen LogP contribution in [0.15, 0.2) is 76.2 Å². The Labute approximate surface area is 187 Å². The van der Waals surface area contributed by atoms with Crippen molar-refractivity contribution in [3.05, 3.63) is 83.8 Å². The molecular formula is C23H25N3O5S. The van der Waals surface area contributed by atoms with Gasteiger partial charge in [-0.15, -0.1) is 0 Å². The lowest BCUT2D eigenvalue weighted by Crippen LogP contribution is -2.32. The van der Waals surface area contributed by atoms with Gasteiger partial charge in [0, 0.05) is 31.1 Å². The smallest absolute Gasteiger partial charge is 0.251 e. The number of nitrogens with one attached hydrogen (secondary N) is 2. The number of benzene rings is 2. The summed E-state index contributed by atoms with van der Waals surface area (Å²) in [6.07, 6.45) is 2.71. The number of amides is 2. The van der Waals surface area contributed by atoms with Gasteiger partial charge in [-0.3, -0.25) is 14.5 Å². The topological polar surface area (TPSA) is 109 Å². The van der Waals surface area contributed by atoms with E-state index in [1.807, 2.05) is 23.1 Å². The lowest BCUT2D eigenvalue weighted by Gasteiger charge is -2.21. The van der Waals surface area contributed by atoms with E-state index in [9.17, 15) is 18.0 Å². The van der Waals surface area contributed by atoms with Gasteiger partial charge in [0.25, 0.3) is 5.91 Å². The quantitative estimate of drug-likeness (QED) is 0.514. The van der Waals surface area contributed by atoms with E-state index < -0.39 is 9.84 Å². The molecule has 0 fully saturated rings. The number of hydrogen-bond acceptors (Lipinski definition) is 6. The van der Waals surface area contributed by atoms with E-state index in [-0.39, 0.29) is 23.3 Å². The summed E-state index contributed by atoms with van der Waals surface area (Å²) in [5.41, 5.74) is 2.01. The first-order chi connectivity index (χ1) is 15.2.